The van der Waals surface area contributed by atoms with Gasteiger partial charge in [-0.1, -0.05) is 36.4 Å². The van der Waals surface area contributed by atoms with E-state index in [2.05, 4.69) is 42.5 Å². The monoisotopic (exact) mass is 365 g/mol. The molecule has 2 aromatic carbocycles. The van der Waals surface area contributed by atoms with Crippen LogP contribution >= 0.6 is 0 Å². The number of aliphatic carboxylic acids is 1. The molecule has 4 nitrogen and oxygen atoms in total. The molecule has 1 aliphatic carbocycles. The first kappa shape index (κ1) is 19.0. The summed E-state index contributed by atoms with van der Waals surface area (Å²) in [5, 5.41) is 8.84. The van der Waals surface area contributed by atoms with E-state index in [-0.39, 0.29) is 6.42 Å². The van der Waals surface area contributed by atoms with Crippen LogP contribution in [0.4, 0.5) is 0 Å². The van der Waals surface area contributed by atoms with E-state index in [1.807, 2.05) is 24.1 Å². The molecule has 0 fully saturated rings. The lowest BCUT2D eigenvalue weighted by Gasteiger charge is -2.26. The average molecular weight is 365 g/mol. The van der Waals surface area contributed by atoms with Crippen molar-refractivity contribution in [2.24, 2.45) is 0 Å². The number of hydrogen-bond donors (Lipinski definition) is 1. The number of carboxylic acid groups (broad SMARTS) is 1. The highest BCUT2D eigenvalue weighted by Crippen LogP contribution is 2.28. The van der Waals surface area contributed by atoms with Gasteiger partial charge in [0.2, 0.25) is 0 Å². The average Bonchev–Trinajstić information content (AvgIpc) is 2.69. The molecule has 2 aromatic rings. The first-order valence-electron chi connectivity index (χ1n) is 9.55. The highest BCUT2D eigenvalue weighted by atomic mass is 16.5. The van der Waals surface area contributed by atoms with E-state index in [4.69, 9.17) is 9.84 Å². The number of ether oxygens (including phenoxy) is 1. The van der Waals surface area contributed by atoms with Crippen molar-refractivity contribution in [3.63, 3.8) is 0 Å². The summed E-state index contributed by atoms with van der Waals surface area (Å²) in [7, 11) is 1.96. The summed E-state index contributed by atoms with van der Waals surface area (Å²) in [6, 6.07) is 16.7. The molecule has 4 heteroatoms. The van der Waals surface area contributed by atoms with Gasteiger partial charge < -0.3 is 14.7 Å². The highest BCUT2D eigenvalue weighted by Gasteiger charge is 2.15. The molecule has 0 aliphatic heterocycles. The standard InChI is InChI=1S/C23H27NO3/c1-24(14-13-23(25)26)21-11-9-20-17-22(12-10-19(20)16-21)27-15-5-8-18-6-3-2-4-7-18/h2-4,6-7,10,12,16-17H,5,8-9,11,13-15H2,1H3,(H,25,26). The fraction of sp³-hybridized carbons (Fsp3) is 0.348. The summed E-state index contributed by atoms with van der Waals surface area (Å²) in [6.07, 6.45) is 6.25. The Labute approximate surface area is 161 Å². The van der Waals surface area contributed by atoms with E-state index in [9.17, 15) is 4.79 Å². The van der Waals surface area contributed by atoms with Crippen LogP contribution < -0.4 is 4.74 Å². The third-order valence-corrected chi connectivity index (χ3v) is 4.96. The lowest BCUT2D eigenvalue weighted by atomic mass is 9.94. The van der Waals surface area contributed by atoms with Crippen LogP contribution in [0.15, 0.2) is 54.2 Å². The van der Waals surface area contributed by atoms with E-state index >= 15 is 0 Å². The fourth-order valence-corrected chi connectivity index (χ4v) is 3.36. The van der Waals surface area contributed by atoms with Gasteiger partial charge in [0.25, 0.3) is 0 Å². The number of benzene rings is 2. The molecule has 3 rings (SSSR count). The van der Waals surface area contributed by atoms with Gasteiger partial charge in [-0.05, 0) is 60.6 Å². The quantitative estimate of drug-likeness (QED) is 0.670. The number of hydrogen-bond acceptors (Lipinski definition) is 3. The predicted molar refractivity (Wildman–Crippen MR) is 108 cm³/mol. The molecule has 0 heterocycles. The number of allylic oxidation sites excluding steroid dienone is 1. The first-order valence-corrected chi connectivity index (χ1v) is 9.55. The Bertz CT molecular complexity index is 799. The maximum Gasteiger partial charge on any atom is 0.305 e. The molecule has 0 radical (unpaired) electrons. The van der Waals surface area contributed by atoms with Crippen molar-refractivity contribution in [1.82, 2.24) is 4.90 Å². The second-order valence-electron chi connectivity index (χ2n) is 7.00. The maximum atomic E-state index is 10.8. The number of aryl methyl sites for hydroxylation is 2. The molecular weight excluding hydrogens is 338 g/mol. The van der Waals surface area contributed by atoms with Crippen LogP contribution in [0, 0.1) is 0 Å². The van der Waals surface area contributed by atoms with Crippen LogP contribution in [-0.4, -0.2) is 36.2 Å². The van der Waals surface area contributed by atoms with Crippen LogP contribution in [-0.2, 0) is 17.6 Å². The van der Waals surface area contributed by atoms with Gasteiger partial charge in [0, 0.05) is 19.3 Å². The van der Waals surface area contributed by atoms with E-state index in [0.29, 0.717) is 13.2 Å². The molecule has 27 heavy (non-hydrogen) atoms. The Balaban J connectivity index is 1.52. The van der Waals surface area contributed by atoms with Crippen LogP contribution in [0.1, 0.15) is 36.0 Å². The first-order chi connectivity index (χ1) is 13.1. The van der Waals surface area contributed by atoms with Crippen molar-refractivity contribution in [3.8, 4) is 5.75 Å². The molecule has 1 N–H and O–H groups in total. The summed E-state index contributed by atoms with van der Waals surface area (Å²) >= 11 is 0. The second kappa shape index (κ2) is 9.26. The molecule has 0 saturated carbocycles. The Kier molecular flexibility index (Phi) is 6.53. The number of nitrogens with zero attached hydrogens (tertiary/aromatic N) is 1. The Hall–Kier alpha value is -2.75. The summed E-state index contributed by atoms with van der Waals surface area (Å²) in [4.78, 5) is 12.8. The van der Waals surface area contributed by atoms with Gasteiger partial charge in [-0.15, -0.1) is 0 Å². The number of rotatable bonds is 9. The van der Waals surface area contributed by atoms with Gasteiger partial charge in [-0.2, -0.15) is 0 Å². The number of carboxylic acids is 1. The minimum atomic E-state index is -0.757. The van der Waals surface area contributed by atoms with Crippen molar-refractivity contribution >= 4 is 12.0 Å². The van der Waals surface area contributed by atoms with Crippen LogP contribution in [0.25, 0.3) is 6.08 Å². The smallest absolute Gasteiger partial charge is 0.305 e. The lowest BCUT2D eigenvalue weighted by molar-refractivity contribution is -0.137. The SMILES string of the molecule is CN(CCC(=O)O)C1=Cc2ccc(OCCCc3ccccc3)cc2CC1. The highest BCUT2D eigenvalue weighted by molar-refractivity contribution is 5.67. The third kappa shape index (κ3) is 5.61. The van der Waals surface area contributed by atoms with Crippen LogP contribution in [0.3, 0.4) is 0 Å². The van der Waals surface area contributed by atoms with Gasteiger partial charge in [0.1, 0.15) is 5.75 Å². The normalized spacial score (nSPS) is 12.9. The molecule has 0 aromatic heterocycles. The minimum absolute atomic E-state index is 0.163. The van der Waals surface area contributed by atoms with Gasteiger partial charge in [-0.25, -0.2) is 0 Å². The molecule has 0 spiro atoms. The molecular formula is C23H27NO3. The third-order valence-electron chi connectivity index (χ3n) is 4.96. The fourth-order valence-electron chi connectivity index (χ4n) is 3.36. The van der Waals surface area contributed by atoms with Gasteiger partial charge in [0.15, 0.2) is 0 Å². The summed E-state index contributed by atoms with van der Waals surface area (Å²) < 4.78 is 5.94. The summed E-state index contributed by atoms with van der Waals surface area (Å²) in [6.45, 7) is 1.26. The number of fused-ring (bicyclic) bond motifs is 1. The molecule has 0 unspecified atom stereocenters. The minimum Gasteiger partial charge on any atom is -0.494 e. The molecule has 142 valence electrons. The van der Waals surface area contributed by atoms with Crippen molar-refractivity contribution in [2.75, 3.05) is 20.2 Å². The van der Waals surface area contributed by atoms with E-state index < -0.39 is 5.97 Å². The summed E-state index contributed by atoms with van der Waals surface area (Å²) in [5.41, 5.74) is 5.04. The van der Waals surface area contributed by atoms with E-state index in [0.717, 1.165) is 31.4 Å². The van der Waals surface area contributed by atoms with Gasteiger partial charge >= 0.3 is 5.97 Å². The topological polar surface area (TPSA) is 49.8 Å². The molecule has 1 aliphatic rings. The Morgan fingerprint density at radius 2 is 1.96 bits per heavy atom. The number of carbonyl (C=O) groups is 1. The van der Waals surface area contributed by atoms with Crippen LogP contribution in [0.2, 0.25) is 0 Å². The zero-order valence-electron chi connectivity index (χ0n) is 15.9. The molecule has 0 saturated heterocycles. The van der Waals surface area contributed by atoms with Crippen molar-refractivity contribution < 1.29 is 14.6 Å². The molecule has 0 amide bonds. The van der Waals surface area contributed by atoms with Crippen molar-refractivity contribution in [2.45, 2.75) is 32.1 Å². The second-order valence-corrected chi connectivity index (χ2v) is 7.00. The summed E-state index contributed by atoms with van der Waals surface area (Å²) in [5.74, 6) is 0.172. The zero-order chi connectivity index (χ0) is 19.1. The van der Waals surface area contributed by atoms with Gasteiger partial charge in [-0.3, -0.25) is 4.79 Å². The maximum absolute atomic E-state index is 10.8. The van der Waals surface area contributed by atoms with Gasteiger partial charge in [0.05, 0.1) is 13.0 Å². The van der Waals surface area contributed by atoms with Crippen LogP contribution in [0.5, 0.6) is 5.75 Å². The Morgan fingerprint density at radius 3 is 2.74 bits per heavy atom. The van der Waals surface area contributed by atoms with Crippen molar-refractivity contribution in [1.29, 1.82) is 0 Å². The largest absolute Gasteiger partial charge is 0.494 e. The molecule has 0 atom stereocenters. The zero-order valence-corrected chi connectivity index (χ0v) is 15.9. The van der Waals surface area contributed by atoms with E-state index in [1.54, 1.807) is 0 Å². The van der Waals surface area contributed by atoms with Crippen molar-refractivity contribution in [3.05, 3.63) is 70.9 Å². The lowest BCUT2D eigenvalue weighted by Crippen LogP contribution is -2.23. The molecule has 0 bridgehead atoms. The predicted octanol–water partition coefficient (Wildman–Crippen LogP) is 4.39. The van der Waals surface area contributed by atoms with E-state index in [1.165, 1.54) is 22.4 Å². The Morgan fingerprint density at radius 1 is 1.15 bits per heavy atom.